The van der Waals surface area contributed by atoms with Crippen LogP contribution < -0.4 is 0 Å². The lowest BCUT2D eigenvalue weighted by Crippen LogP contribution is -2.39. The Morgan fingerprint density at radius 3 is 2.35 bits per heavy atom. The summed E-state index contributed by atoms with van der Waals surface area (Å²) in [5.41, 5.74) is 3.20. The van der Waals surface area contributed by atoms with Crippen LogP contribution in [0.1, 0.15) is 41.0 Å². The molecule has 1 aliphatic rings. The van der Waals surface area contributed by atoms with Crippen molar-refractivity contribution in [3.63, 3.8) is 0 Å². The fourth-order valence-corrected chi connectivity index (χ4v) is 3.72. The van der Waals surface area contributed by atoms with Gasteiger partial charge in [0.1, 0.15) is 5.82 Å². The molecular formula is C20H23FN2O3. The molecule has 1 aromatic heterocycles. The zero-order chi connectivity index (χ0) is 18.8. The third kappa shape index (κ3) is 3.64. The number of carboxylic acid groups (broad SMARTS) is 1. The smallest absolute Gasteiger partial charge is 0.303 e. The predicted molar refractivity (Wildman–Crippen MR) is 96.1 cm³/mol. The van der Waals surface area contributed by atoms with Crippen molar-refractivity contribution >= 4 is 11.9 Å². The maximum Gasteiger partial charge on any atom is 0.303 e. The largest absolute Gasteiger partial charge is 0.481 e. The maximum atomic E-state index is 13.2. The van der Waals surface area contributed by atoms with Gasteiger partial charge in [-0.25, -0.2) is 4.39 Å². The van der Waals surface area contributed by atoms with E-state index in [1.165, 1.54) is 12.1 Å². The average Bonchev–Trinajstić information content (AvgIpc) is 2.90. The van der Waals surface area contributed by atoms with Crippen LogP contribution in [0.5, 0.6) is 0 Å². The van der Waals surface area contributed by atoms with E-state index in [-0.39, 0.29) is 24.1 Å². The van der Waals surface area contributed by atoms with E-state index in [9.17, 15) is 14.0 Å². The van der Waals surface area contributed by atoms with Gasteiger partial charge in [-0.2, -0.15) is 0 Å². The topological polar surface area (TPSA) is 62.5 Å². The molecule has 0 aliphatic carbocycles. The van der Waals surface area contributed by atoms with E-state index >= 15 is 0 Å². The molecule has 2 heterocycles. The Morgan fingerprint density at radius 2 is 1.77 bits per heavy atom. The van der Waals surface area contributed by atoms with Crippen LogP contribution in [0.4, 0.5) is 4.39 Å². The SMILES string of the molecule is Cc1cc(C(=O)N2CCC(CC(=O)O)CC2)c(C)n1-c1ccc(F)cc1. The van der Waals surface area contributed by atoms with Gasteiger partial charge in [-0.15, -0.1) is 0 Å². The van der Waals surface area contributed by atoms with Gasteiger partial charge in [0.05, 0.1) is 5.56 Å². The Labute approximate surface area is 152 Å². The Kier molecular flexibility index (Phi) is 5.11. The third-order valence-electron chi connectivity index (χ3n) is 5.11. The highest BCUT2D eigenvalue weighted by Gasteiger charge is 2.27. The van der Waals surface area contributed by atoms with E-state index in [1.807, 2.05) is 24.5 Å². The van der Waals surface area contributed by atoms with Gasteiger partial charge >= 0.3 is 5.97 Å². The van der Waals surface area contributed by atoms with Crippen molar-refractivity contribution in [2.75, 3.05) is 13.1 Å². The van der Waals surface area contributed by atoms with Crippen LogP contribution in [0, 0.1) is 25.6 Å². The number of hydrogen-bond donors (Lipinski definition) is 1. The van der Waals surface area contributed by atoms with Crippen molar-refractivity contribution in [2.45, 2.75) is 33.1 Å². The van der Waals surface area contributed by atoms with Gasteiger partial charge in [-0.3, -0.25) is 9.59 Å². The van der Waals surface area contributed by atoms with E-state index in [0.717, 1.165) is 29.9 Å². The fourth-order valence-electron chi connectivity index (χ4n) is 3.72. The quantitative estimate of drug-likeness (QED) is 0.909. The van der Waals surface area contributed by atoms with Gasteiger partial charge < -0.3 is 14.6 Å². The molecule has 26 heavy (non-hydrogen) atoms. The first-order valence-electron chi connectivity index (χ1n) is 8.82. The van der Waals surface area contributed by atoms with Gasteiger partial charge in [0.25, 0.3) is 5.91 Å². The van der Waals surface area contributed by atoms with Crippen LogP contribution in [0.3, 0.4) is 0 Å². The number of nitrogens with zero attached hydrogens (tertiary/aromatic N) is 2. The fraction of sp³-hybridized carbons (Fsp3) is 0.400. The van der Waals surface area contributed by atoms with Gasteiger partial charge in [0, 0.05) is 36.6 Å². The Morgan fingerprint density at radius 1 is 1.15 bits per heavy atom. The molecule has 1 N–H and O–H groups in total. The number of likely N-dealkylation sites (tertiary alicyclic amines) is 1. The molecule has 5 nitrogen and oxygen atoms in total. The second-order valence-electron chi connectivity index (χ2n) is 6.93. The zero-order valence-electron chi connectivity index (χ0n) is 15.0. The number of benzene rings is 1. The number of aliphatic carboxylic acids is 1. The lowest BCUT2D eigenvalue weighted by molar-refractivity contribution is -0.138. The van der Waals surface area contributed by atoms with E-state index in [2.05, 4.69) is 0 Å². The molecule has 6 heteroatoms. The highest BCUT2D eigenvalue weighted by molar-refractivity contribution is 5.96. The molecule has 0 unspecified atom stereocenters. The minimum atomic E-state index is -0.780. The van der Waals surface area contributed by atoms with Gasteiger partial charge in [0.2, 0.25) is 0 Å². The van der Waals surface area contributed by atoms with Crippen LogP contribution in [0.2, 0.25) is 0 Å². The molecule has 0 bridgehead atoms. The average molecular weight is 358 g/mol. The molecule has 0 spiro atoms. The minimum Gasteiger partial charge on any atom is -0.481 e. The monoisotopic (exact) mass is 358 g/mol. The van der Waals surface area contributed by atoms with Crippen molar-refractivity contribution in [3.8, 4) is 5.69 Å². The summed E-state index contributed by atoms with van der Waals surface area (Å²) in [6, 6.07) is 8.07. The number of piperidine rings is 1. The summed E-state index contributed by atoms with van der Waals surface area (Å²) >= 11 is 0. The van der Waals surface area contributed by atoms with Gasteiger partial charge in [-0.05, 0) is 62.9 Å². The summed E-state index contributed by atoms with van der Waals surface area (Å²) in [5.74, 6) is -0.960. The highest BCUT2D eigenvalue weighted by Crippen LogP contribution is 2.25. The maximum absolute atomic E-state index is 13.2. The second-order valence-corrected chi connectivity index (χ2v) is 6.93. The number of aromatic nitrogens is 1. The van der Waals surface area contributed by atoms with Crippen molar-refractivity contribution in [1.82, 2.24) is 9.47 Å². The van der Waals surface area contributed by atoms with Crippen LogP contribution in [-0.4, -0.2) is 39.5 Å². The van der Waals surface area contributed by atoms with Gasteiger partial charge in [-0.1, -0.05) is 0 Å². The normalized spacial score (nSPS) is 15.3. The molecule has 138 valence electrons. The van der Waals surface area contributed by atoms with Crippen molar-refractivity contribution < 1.29 is 19.1 Å². The third-order valence-corrected chi connectivity index (χ3v) is 5.11. The molecule has 1 fully saturated rings. The Bertz CT molecular complexity index is 818. The van der Waals surface area contributed by atoms with E-state index < -0.39 is 5.97 Å². The molecule has 0 saturated carbocycles. The molecule has 1 aromatic carbocycles. The molecule has 0 radical (unpaired) electrons. The molecule has 1 saturated heterocycles. The van der Waals surface area contributed by atoms with Crippen LogP contribution in [0.25, 0.3) is 5.69 Å². The van der Waals surface area contributed by atoms with Crippen LogP contribution in [0.15, 0.2) is 30.3 Å². The van der Waals surface area contributed by atoms with Crippen molar-refractivity contribution in [2.24, 2.45) is 5.92 Å². The number of hydrogen-bond acceptors (Lipinski definition) is 2. The second kappa shape index (κ2) is 7.32. The van der Waals surface area contributed by atoms with E-state index in [1.54, 1.807) is 17.0 Å². The minimum absolute atomic E-state index is 0.0276. The number of aryl methyl sites for hydroxylation is 1. The first-order chi connectivity index (χ1) is 12.4. The zero-order valence-corrected chi connectivity index (χ0v) is 15.0. The number of carbonyl (C=O) groups excluding carboxylic acids is 1. The lowest BCUT2D eigenvalue weighted by Gasteiger charge is -2.31. The summed E-state index contributed by atoms with van der Waals surface area (Å²) in [5, 5.41) is 8.91. The van der Waals surface area contributed by atoms with Crippen molar-refractivity contribution in [1.29, 1.82) is 0 Å². The van der Waals surface area contributed by atoms with E-state index in [0.29, 0.717) is 18.7 Å². The van der Waals surface area contributed by atoms with Crippen LogP contribution in [-0.2, 0) is 4.79 Å². The molecule has 3 rings (SSSR count). The molecule has 1 amide bonds. The summed E-state index contributed by atoms with van der Waals surface area (Å²) < 4.78 is 15.1. The van der Waals surface area contributed by atoms with E-state index in [4.69, 9.17) is 5.11 Å². The molecule has 0 atom stereocenters. The number of rotatable bonds is 4. The standard InChI is InChI=1S/C20H23FN2O3/c1-13-11-18(14(2)23(13)17-5-3-16(21)4-6-17)20(26)22-9-7-15(8-10-22)12-19(24)25/h3-6,11,15H,7-10,12H2,1-2H3,(H,24,25). The summed E-state index contributed by atoms with van der Waals surface area (Å²) in [7, 11) is 0. The molecule has 2 aromatic rings. The lowest BCUT2D eigenvalue weighted by atomic mass is 9.93. The number of carboxylic acids is 1. The summed E-state index contributed by atoms with van der Waals surface area (Å²) in [6.45, 7) is 4.97. The highest BCUT2D eigenvalue weighted by atomic mass is 19.1. The Balaban J connectivity index is 1.78. The van der Waals surface area contributed by atoms with Crippen molar-refractivity contribution in [3.05, 3.63) is 53.1 Å². The molecule has 1 aliphatic heterocycles. The first-order valence-corrected chi connectivity index (χ1v) is 8.82. The molecular weight excluding hydrogens is 335 g/mol. The summed E-state index contributed by atoms with van der Waals surface area (Å²) in [4.78, 5) is 25.6. The number of halogens is 1. The Hall–Kier alpha value is -2.63. The van der Waals surface area contributed by atoms with Gasteiger partial charge in [0.15, 0.2) is 0 Å². The van der Waals surface area contributed by atoms with Crippen LogP contribution >= 0.6 is 0 Å². The predicted octanol–water partition coefficient (Wildman–Crippen LogP) is 3.56. The summed E-state index contributed by atoms with van der Waals surface area (Å²) in [6.07, 6.45) is 1.60. The number of carbonyl (C=O) groups is 2. The number of amides is 1. The first kappa shape index (κ1) is 18.2.